The van der Waals surface area contributed by atoms with E-state index in [-0.39, 0.29) is 0 Å². The van der Waals surface area contributed by atoms with Crippen molar-refractivity contribution in [1.29, 1.82) is 0 Å². The highest BCUT2D eigenvalue weighted by atomic mass is 15.3. The van der Waals surface area contributed by atoms with Gasteiger partial charge in [-0.1, -0.05) is 6.07 Å². The summed E-state index contributed by atoms with van der Waals surface area (Å²) in [6.45, 7) is 4.68. The number of anilines is 1. The number of hydrazine groups is 1. The smallest absolute Gasteiger partial charge is 0.140 e. The topological polar surface area (TPSA) is 68.8 Å². The summed E-state index contributed by atoms with van der Waals surface area (Å²) in [5, 5.41) is 4.39. The molecule has 2 rings (SSSR count). The minimum Gasteiger partial charge on any atom is -0.308 e. The molecule has 2 heterocycles. The molecule has 3 N–H and O–H groups in total. The second-order valence-corrected chi connectivity index (χ2v) is 3.74. The van der Waals surface area contributed by atoms with E-state index in [0.717, 1.165) is 17.1 Å². The maximum atomic E-state index is 5.31. The molecule has 0 saturated heterocycles. The van der Waals surface area contributed by atoms with Gasteiger partial charge in [0.25, 0.3) is 0 Å². The number of nitrogens with one attached hydrogen (secondary N) is 1. The van der Waals surface area contributed by atoms with Crippen LogP contribution < -0.4 is 11.3 Å². The van der Waals surface area contributed by atoms with E-state index < -0.39 is 0 Å². The molecule has 0 atom stereocenters. The molecule has 2 aromatic heterocycles. The number of rotatable bonds is 3. The summed E-state index contributed by atoms with van der Waals surface area (Å²) in [5.41, 5.74) is 5.61. The molecule has 0 saturated carbocycles. The monoisotopic (exact) mass is 217 g/mol. The second-order valence-electron chi connectivity index (χ2n) is 3.74. The van der Waals surface area contributed by atoms with E-state index in [4.69, 9.17) is 5.84 Å². The van der Waals surface area contributed by atoms with E-state index in [1.807, 2.05) is 42.8 Å². The Morgan fingerprint density at radius 1 is 1.38 bits per heavy atom. The van der Waals surface area contributed by atoms with Gasteiger partial charge in [0, 0.05) is 5.69 Å². The fourth-order valence-corrected chi connectivity index (χ4v) is 1.64. The number of hydrogen-bond donors (Lipinski definition) is 2. The molecule has 0 radical (unpaired) electrons. The predicted molar refractivity (Wildman–Crippen MR) is 62.9 cm³/mol. The molecular formula is C11H15N5. The van der Waals surface area contributed by atoms with Gasteiger partial charge in [-0.3, -0.25) is 4.68 Å². The van der Waals surface area contributed by atoms with Gasteiger partial charge in [-0.05, 0) is 32.0 Å². The van der Waals surface area contributed by atoms with Crippen molar-refractivity contribution in [2.24, 2.45) is 5.84 Å². The van der Waals surface area contributed by atoms with E-state index in [9.17, 15) is 0 Å². The number of nitrogen functional groups attached to an aromatic ring is 1. The van der Waals surface area contributed by atoms with Crippen LogP contribution in [0, 0.1) is 13.8 Å². The fourth-order valence-electron chi connectivity index (χ4n) is 1.64. The van der Waals surface area contributed by atoms with Crippen molar-refractivity contribution in [2.45, 2.75) is 20.4 Å². The van der Waals surface area contributed by atoms with Gasteiger partial charge < -0.3 is 5.43 Å². The molecule has 16 heavy (non-hydrogen) atoms. The van der Waals surface area contributed by atoms with Crippen molar-refractivity contribution in [2.75, 3.05) is 5.43 Å². The highest BCUT2D eigenvalue weighted by Gasteiger charge is 2.03. The van der Waals surface area contributed by atoms with Crippen LogP contribution in [0.5, 0.6) is 0 Å². The maximum absolute atomic E-state index is 5.31. The van der Waals surface area contributed by atoms with Crippen molar-refractivity contribution in [3.63, 3.8) is 0 Å². The van der Waals surface area contributed by atoms with Crippen LogP contribution in [-0.2, 0) is 6.54 Å². The molecule has 0 unspecified atom stereocenters. The Balaban J connectivity index is 2.23. The maximum Gasteiger partial charge on any atom is 0.140 e. The van der Waals surface area contributed by atoms with Gasteiger partial charge in [0.15, 0.2) is 0 Å². The zero-order valence-electron chi connectivity index (χ0n) is 9.44. The Bertz CT molecular complexity index is 489. The number of pyridine rings is 1. The highest BCUT2D eigenvalue weighted by Crippen LogP contribution is 2.07. The first-order valence-corrected chi connectivity index (χ1v) is 5.12. The van der Waals surface area contributed by atoms with Crippen molar-refractivity contribution >= 4 is 5.82 Å². The van der Waals surface area contributed by atoms with Crippen molar-refractivity contribution in [3.05, 3.63) is 41.3 Å². The Morgan fingerprint density at radius 2 is 2.19 bits per heavy atom. The normalized spacial score (nSPS) is 10.4. The lowest BCUT2D eigenvalue weighted by molar-refractivity contribution is 0.647. The van der Waals surface area contributed by atoms with Crippen LogP contribution in [0.2, 0.25) is 0 Å². The Kier molecular flexibility index (Phi) is 2.87. The zero-order chi connectivity index (χ0) is 11.5. The third-order valence-corrected chi connectivity index (χ3v) is 2.37. The lowest BCUT2D eigenvalue weighted by Gasteiger charge is -2.05. The molecule has 0 spiro atoms. The van der Waals surface area contributed by atoms with E-state index >= 15 is 0 Å². The lowest BCUT2D eigenvalue weighted by atomic mass is 10.3. The Hall–Kier alpha value is -1.88. The molecule has 0 fully saturated rings. The van der Waals surface area contributed by atoms with Gasteiger partial charge in [0.2, 0.25) is 0 Å². The lowest BCUT2D eigenvalue weighted by Crippen LogP contribution is -2.11. The van der Waals surface area contributed by atoms with Crippen LogP contribution in [0.15, 0.2) is 24.3 Å². The third-order valence-electron chi connectivity index (χ3n) is 2.37. The molecule has 5 heteroatoms. The van der Waals surface area contributed by atoms with Gasteiger partial charge in [-0.15, -0.1) is 0 Å². The molecule has 0 amide bonds. The van der Waals surface area contributed by atoms with E-state index in [2.05, 4.69) is 15.5 Å². The molecule has 0 aliphatic heterocycles. The van der Waals surface area contributed by atoms with Crippen molar-refractivity contribution < 1.29 is 0 Å². The third kappa shape index (κ3) is 2.20. The first kappa shape index (κ1) is 10.6. The van der Waals surface area contributed by atoms with Gasteiger partial charge in [0.05, 0.1) is 17.9 Å². The van der Waals surface area contributed by atoms with Gasteiger partial charge in [-0.2, -0.15) is 5.10 Å². The summed E-state index contributed by atoms with van der Waals surface area (Å²) in [6, 6.07) is 7.75. The zero-order valence-corrected chi connectivity index (χ0v) is 9.44. The number of aromatic nitrogens is 3. The van der Waals surface area contributed by atoms with E-state index in [1.165, 1.54) is 0 Å². The highest BCUT2D eigenvalue weighted by molar-refractivity contribution is 5.33. The Morgan fingerprint density at radius 3 is 2.81 bits per heavy atom. The molecule has 0 aliphatic carbocycles. The average Bonchev–Trinajstić information content (AvgIpc) is 2.58. The molecule has 0 aliphatic rings. The quantitative estimate of drug-likeness (QED) is 0.599. The second kappa shape index (κ2) is 4.32. The molecule has 5 nitrogen and oxygen atoms in total. The minimum atomic E-state index is 0.662. The summed E-state index contributed by atoms with van der Waals surface area (Å²) in [5.74, 6) is 5.98. The number of hydrogen-bond acceptors (Lipinski definition) is 4. The number of nitrogens with two attached hydrogens (primary N) is 1. The predicted octanol–water partition coefficient (Wildman–Crippen LogP) is 1.23. The molecule has 0 bridgehead atoms. The summed E-state index contributed by atoms with van der Waals surface area (Å²) < 4.78 is 1.93. The standard InChI is InChI=1S/C11H15N5/c1-8-6-9(2)16(15-8)7-10-4-3-5-11(13-10)14-12/h3-6H,7,12H2,1-2H3,(H,13,14). The van der Waals surface area contributed by atoms with Crippen LogP contribution in [0.1, 0.15) is 17.1 Å². The molecule has 84 valence electrons. The summed E-state index contributed by atoms with van der Waals surface area (Å²) in [4.78, 5) is 4.34. The van der Waals surface area contributed by atoms with Crippen molar-refractivity contribution in [3.8, 4) is 0 Å². The van der Waals surface area contributed by atoms with E-state index in [0.29, 0.717) is 12.4 Å². The number of nitrogens with zero attached hydrogens (tertiary/aromatic N) is 3. The summed E-state index contributed by atoms with van der Waals surface area (Å²) >= 11 is 0. The molecule has 2 aromatic rings. The van der Waals surface area contributed by atoms with Crippen LogP contribution in [0.3, 0.4) is 0 Å². The SMILES string of the molecule is Cc1cc(C)n(Cc2cccc(NN)n2)n1. The molecular weight excluding hydrogens is 202 g/mol. The summed E-state index contributed by atoms with van der Waals surface area (Å²) in [6.07, 6.45) is 0. The van der Waals surface area contributed by atoms with Gasteiger partial charge in [0.1, 0.15) is 5.82 Å². The van der Waals surface area contributed by atoms with Gasteiger partial charge >= 0.3 is 0 Å². The fraction of sp³-hybridized carbons (Fsp3) is 0.273. The van der Waals surface area contributed by atoms with Crippen molar-refractivity contribution in [1.82, 2.24) is 14.8 Å². The van der Waals surface area contributed by atoms with Gasteiger partial charge in [-0.25, -0.2) is 10.8 Å². The van der Waals surface area contributed by atoms with Crippen LogP contribution in [0.25, 0.3) is 0 Å². The molecule has 0 aromatic carbocycles. The number of aryl methyl sites for hydroxylation is 2. The first-order valence-electron chi connectivity index (χ1n) is 5.12. The Labute approximate surface area is 94.3 Å². The summed E-state index contributed by atoms with van der Waals surface area (Å²) in [7, 11) is 0. The minimum absolute atomic E-state index is 0.662. The average molecular weight is 217 g/mol. The first-order chi connectivity index (χ1) is 7.69. The largest absolute Gasteiger partial charge is 0.308 e. The van der Waals surface area contributed by atoms with E-state index in [1.54, 1.807) is 0 Å². The van der Waals surface area contributed by atoms with Crippen LogP contribution >= 0.6 is 0 Å². The van der Waals surface area contributed by atoms with Crippen LogP contribution in [0.4, 0.5) is 5.82 Å². The van der Waals surface area contributed by atoms with Crippen LogP contribution in [-0.4, -0.2) is 14.8 Å².